The van der Waals surface area contributed by atoms with Crippen LogP contribution in [0.2, 0.25) is 0 Å². The van der Waals surface area contributed by atoms with Crippen LogP contribution < -0.4 is 10.6 Å². The second-order valence-electron chi connectivity index (χ2n) is 7.18. The van der Waals surface area contributed by atoms with Crippen LogP contribution in [0.15, 0.2) is 35.0 Å². The van der Waals surface area contributed by atoms with Crippen molar-refractivity contribution in [3.05, 3.63) is 47.5 Å². The van der Waals surface area contributed by atoms with E-state index in [2.05, 4.69) is 25.9 Å². The van der Waals surface area contributed by atoms with E-state index in [1.807, 2.05) is 32.0 Å². The molecule has 4 rings (SSSR count). The van der Waals surface area contributed by atoms with Gasteiger partial charge in [-0.05, 0) is 26.0 Å². The Morgan fingerprint density at radius 2 is 2.18 bits per heavy atom. The number of nitrogens with one attached hydrogen (secondary N) is 2. The number of nitrogens with zero attached hydrogens (tertiary/aromatic N) is 4. The third-order valence-corrected chi connectivity index (χ3v) is 4.71. The molecule has 0 radical (unpaired) electrons. The maximum Gasteiger partial charge on any atom is 0.270 e. The highest BCUT2D eigenvalue weighted by Gasteiger charge is 2.35. The summed E-state index contributed by atoms with van der Waals surface area (Å²) in [5.74, 6) is 1.12. The molecule has 0 aromatic carbocycles. The van der Waals surface area contributed by atoms with Gasteiger partial charge in [-0.3, -0.25) is 14.5 Å². The quantitative estimate of drug-likeness (QED) is 0.670. The lowest BCUT2D eigenvalue weighted by molar-refractivity contribution is -0.0594. The average molecular weight is 382 g/mol. The molecule has 9 nitrogen and oxygen atoms in total. The predicted molar refractivity (Wildman–Crippen MR) is 102 cm³/mol. The van der Waals surface area contributed by atoms with Gasteiger partial charge in [-0.15, -0.1) is 0 Å². The molecule has 3 aromatic rings. The van der Waals surface area contributed by atoms with Gasteiger partial charge < -0.3 is 19.9 Å². The maximum atomic E-state index is 12.5. The number of carbonyl (C=O) groups excluding carboxylic acids is 1. The first-order valence-electron chi connectivity index (χ1n) is 9.00. The molecule has 1 saturated heterocycles. The highest BCUT2D eigenvalue weighted by molar-refractivity contribution is 5.94. The van der Waals surface area contributed by atoms with Crippen LogP contribution in [-0.2, 0) is 18.3 Å². The van der Waals surface area contributed by atoms with E-state index in [0.717, 1.165) is 11.3 Å². The van der Waals surface area contributed by atoms with Crippen molar-refractivity contribution in [3.8, 4) is 11.4 Å². The topological polar surface area (TPSA) is 107 Å². The fraction of sp³-hybridized carbons (Fsp3) is 0.368. The first-order chi connectivity index (χ1) is 13.5. The van der Waals surface area contributed by atoms with Crippen LogP contribution in [0.5, 0.6) is 0 Å². The summed E-state index contributed by atoms with van der Waals surface area (Å²) in [7, 11) is 1.74. The molecule has 0 aliphatic carbocycles. The van der Waals surface area contributed by atoms with Gasteiger partial charge in [-0.2, -0.15) is 5.10 Å². The highest BCUT2D eigenvalue weighted by Crippen LogP contribution is 2.24. The summed E-state index contributed by atoms with van der Waals surface area (Å²) in [4.78, 5) is 16.9. The first-order valence-corrected chi connectivity index (χ1v) is 9.00. The minimum absolute atomic E-state index is 0.177. The largest absolute Gasteiger partial charge is 0.376 e. The molecule has 28 heavy (non-hydrogen) atoms. The smallest absolute Gasteiger partial charge is 0.270 e. The lowest BCUT2D eigenvalue weighted by Crippen LogP contribution is -2.60. The van der Waals surface area contributed by atoms with Gasteiger partial charge in [0.2, 0.25) is 0 Å². The normalized spacial score (nSPS) is 15.1. The third kappa shape index (κ3) is 3.48. The molecule has 0 saturated carbocycles. The molecule has 1 fully saturated rings. The SMILES string of the molecule is Cc1onc(-c2ccccn2)c1CNc1cc(C(=O)NC2(C)COC2)n(C)n1. The number of pyridine rings is 1. The van der Waals surface area contributed by atoms with E-state index in [0.29, 0.717) is 42.7 Å². The summed E-state index contributed by atoms with van der Waals surface area (Å²) < 4.78 is 12.1. The molecule has 0 bridgehead atoms. The van der Waals surface area contributed by atoms with E-state index in [1.54, 1.807) is 24.0 Å². The fourth-order valence-corrected chi connectivity index (χ4v) is 3.07. The molecule has 0 spiro atoms. The van der Waals surface area contributed by atoms with Crippen LogP contribution in [0.4, 0.5) is 5.82 Å². The minimum atomic E-state index is -0.313. The van der Waals surface area contributed by atoms with Crippen molar-refractivity contribution in [1.82, 2.24) is 25.2 Å². The number of carbonyl (C=O) groups is 1. The van der Waals surface area contributed by atoms with Crippen molar-refractivity contribution in [2.75, 3.05) is 18.5 Å². The molecular formula is C19H22N6O3. The zero-order valence-corrected chi connectivity index (χ0v) is 16.0. The van der Waals surface area contributed by atoms with E-state index in [-0.39, 0.29) is 11.4 Å². The molecule has 2 N–H and O–H groups in total. The Morgan fingerprint density at radius 3 is 2.86 bits per heavy atom. The van der Waals surface area contributed by atoms with Crippen molar-refractivity contribution >= 4 is 11.7 Å². The van der Waals surface area contributed by atoms with E-state index in [9.17, 15) is 4.79 Å². The van der Waals surface area contributed by atoms with Gasteiger partial charge in [0.25, 0.3) is 5.91 Å². The Hall–Kier alpha value is -3.20. The zero-order chi connectivity index (χ0) is 19.7. The standard InChI is InChI=1S/C19H22N6O3/c1-12-13(17(24-28-12)14-6-4-5-7-20-14)9-21-16-8-15(25(3)23-16)18(26)22-19(2)10-27-11-19/h4-8H,9-11H2,1-3H3,(H,21,23)(H,22,26). The van der Waals surface area contributed by atoms with Gasteiger partial charge in [-0.25, -0.2) is 0 Å². The van der Waals surface area contributed by atoms with Gasteiger partial charge in [0, 0.05) is 31.4 Å². The number of anilines is 1. The Balaban J connectivity index is 1.48. The van der Waals surface area contributed by atoms with E-state index in [4.69, 9.17) is 9.26 Å². The van der Waals surface area contributed by atoms with Gasteiger partial charge in [0.05, 0.1) is 24.4 Å². The molecule has 4 heterocycles. The number of hydrogen-bond acceptors (Lipinski definition) is 7. The number of aryl methyl sites for hydroxylation is 2. The van der Waals surface area contributed by atoms with Gasteiger partial charge >= 0.3 is 0 Å². The van der Waals surface area contributed by atoms with Gasteiger partial charge in [0.1, 0.15) is 23.0 Å². The maximum absolute atomic E-state index is 12.5. The summed E-state index contributed by atoms with van der Waals surface area (Å²) in [5, 5.41) is 14.7. The molecule has 0 atom stereocenters. The lowest BCUT2D eigenvalue weighted by Gasteiger charge is -2.38. The second kappa shape index (κ2) is 7.08. The molecule has 9 heteroatoms. The summed E-state index contributed by atoms with van der Waals surface area (Å²) in [6.45, 7) is 5.30. The predicted octanol–water partition coefficient (Wildman–Crippen LogP) is 1.91. The number of amides is 1. The van der Waals surface area contributed by atoms with Crippen LogP contribution in [0.3, 0.4) is 0 Å². The van der Waals surface area contributed by atoms with Crippen LogP contribution in [0, 0.1) is 6.92 Å². The molecular weight excluding hydrogens is 360 g/mol. The van der Waals surface area contributed by atoms with Crippen molar-refractivity contribution in [2.45, 2.75) is 25.9 Å². The number of hydrogen-bond donors (Lipinski definition) is 2. The minimum Gasteiger partial charge on any atom is -0.376 e. The summed E-state index contributed by atoms with van der Waals surface area (Å²) >= 11 is 0. The van der Waals surface area contributed by atoms with E-state index < -0.39 is 0 Å². The van der Waals surface area contributed by atoms with Crippen LogP contribution >= 0.6 is 0 Å². The molecule has 146 valence electrons. The number of aromatic nitrogens is 4. The second-order valence-corrected chi connectivity index (χ2v) is 7.18. The van der Waals surface area contributed by atoms with E-state index >= 15 is 0 Å². The summed E-state index contributed by atoms with van der Waals surface area (Å²) in [5.41, 5.74) is 2.49. The highest BCUT2D eigenvalue weighted by atomic mass is 16.5. The van der Waals surface area contributed by atoms with Crippen LogP contribution in [0.1, 0.15) is 28.7 Å². The van der Waals surface area contributed by atoms with Gasteiger partial charge in [-0.1, -0.05) is 11.2 Å². The molecule has 0 unspecified atom stereocenters. The molecule has 1 amide bonds. The number of rotatable bonds is 6. The van der Waals surface area contributed by atoms with Crippen LogP contribution in [0.25, 0.3) is 11.4 Å². The Morgan fingerprint density at radius 1 is 1.36 bits per heavy atom. The molecule has 3 aromatic heterocycles. The van der Waals surface area contributed by atoms with Crippen molar-refractivity contribution in [3.63, 3.8) is 0 Å². The van der Waals surface area contributed by atoms with Gasteiger partial charge in [0.15, 0.2) is 0 Å². The Bertz CT molecular complexity index is 991. The number of ether oxygens (including phenoxy) is 1. The Kier molecular flexibility index (Phi) is 4.60. The van der Waals surface area contributed by atoms with Crippen molar-refractivity contribution < 1.29 is 14.1 Å². The molecule has 1 aliphatic heterocycles. The van der Waals surface area contributed by atoms with Crippen molar-refractivity contribution in [1.29, 1.82) is 0 Å². The summed E-state index contributed by atoms with van der Waals surface area (Å²) in [6.07, 6.45) is 1.72. The van der Waals surface area contributed by atoms with Crippen molar-refractivity contribution in [2.24, 2.45) is 7.05 Å². The first kappa shape index (κ1) is 18.2. The third-order valence-electron chi connectivity index (χ3n) is 4.71. The fourth-order valence-electron chi connectivity index (χ4n) is 3.07. The summed E-state index contributed by atoms with van der Waals surface area (Å²) in [6, 6.07) is 7.36. The Labute approximate surface area is 162 Å². The molecule has 1 aliphatic rings. The monoisotopic (exact) mass is 382 g/mol. The van der Waals surface area contributed by atoms with E-state index in [1.165, 1.54) is 0 Å². The lowest BCUT2D eigenvalue weighted by atomic mass is 10.0. The zero-order valence-electron chi connectivity index (χ0n) is 16.0. The van der Waals surface area contributed by atoms with Crippen LogP contribution in [-0.4, -0.2) is 44.6 Å². The average Bonchev–Trinajstić information content (AvgIpc) is 3.22.